The van der Waals surface area contributed by atoms with Crippen molar-refractivity contribution in [2.45, 2.75) is 58.1 Å². The van der Waals surface area contributed by atoms with Crippen LogP contribution in [-0.2, 0) is 6.61 Å². The molecule has 2 heterocycles. The summed E-state index contributed by atoms with van der Waals surface area (Å²) >= 11 is 0. The molecule has 0 bridgehead atoms. The van der Waals surface area contributed by atoms with Gasteiger partial charge in [-0.3, -0.25) is 4.79 Å². The topological polar surface area (TPSA) is 81.7 Å². The fraction of sp³-hybridized carbons (Fsp3) is 0.417. The van der Waals surface area contributed by atoms with Gasteiger partial charge in [-0.25, -0.2) is 8.78 Å². The molecule has 3 N–H and O–H groups in total. The average Bonchev–Trinajstić information content (AvgIpc) is 3.08. The van der Waals surface area contributed by atoms with Gasteiger partial charge in [0.1, 0.15) is 18.2 Å². The molecule has 32 heavy (non-hydrogen) atoms. The van der Waals surface area contributed by atoms with Gasteiger partial charge >= 0.3 is 0 Å². The van der Waals surface area contributed by atoms with Crippen LogP contribution < -0.4 is 15.8 Å². The molecule has 3 aromatic rings. The Bertz CT molecular complexity index is 1130. The van der Waals surface area contributed by atoms with Crippen molar-refractivity contribution in [2.75, 3.05) is 6.54 Å². The van der Waals surface area contributed by atoms with Crippen molar-refractivity contribution in [3.8, 4) is 5.88 Å². The zero-order chi connectivity index (χ0) is 22.9. The molecule has 0 aliphatic heterocycles. The number of fused-ring (bicyclic) bond motifs is 1. The van der Waals surface area contributed by atoms with E-state index in [4.69, 9.17) is 10.5 Å². The first kappa shape index (κ1) is 22.2. The first-order valence-electron chi connectivity index (χ1n) is 10.9. The van der Waals surface area contributed by atoms with E-state index in [9.17, 15) is 13.6 Å². The smallest absolute Gasteiger partial charge is 0.255 e. The number of ether oxygens (including phenoxy) is 1. The predicted octanol–water partition coefficient (Wildman–Crippen LogP) is 4.20. The van der Waals surface area contributed by atoms with Crippen molar-refractivity contribution in [1.29, 1.82) is 0 Å². The average molecular weight is 443 g/mol. The molecule has 1 saturated carbocycles. The second-order valence-corrected chi connectivity index (χ2v) is 8.72. The van der Waals surface area contributed by atoms with E-state index in [0.717, 1.165) is 31.2 Å². The van der Waals surface area contributed by atoms with Crippen molar-refractivity contribution in [1.82, 2.24) is 14.9 Å². The monoisotopic (exact) mass is 442 g/mol. The van der Waals surface area contributed by atoms with Gasteiger partial charge in [-0.05, 0) is 50.5 Å². The van der Waals surface area contributed by atoms with Gasteiger partial charge in [0, 0.05) is 18.2 Å². The minimum Gasteiger partial charge on any atom is -0.473 e. The Morgan fingerprint density at radius 1 is 1.19 bits per heavy atom. The SMILES string of the molecule is Cc1cc(OCc2c(F)cccc2F)n2nc(C)c(C(=O)NCC3(N)CCCCC3)c2c1. The van der Waals surface area contributed by atoms with E-state index in [-0.39, 0.29) is 23.6 Å². The van der Waals surface area contributed by atoms with Crippen molar-refractivity contribution >= 4 is 11.4 Å². The molecular formula is C24H28F2N4O2. The van der Waals surface area contributed by atoms with Crippen LogP contribution in [0.5, 0.6) is 5.88 Å². The Kier molecular flexibility index (Phi) is 6.15. The second kappa shape index (κ2) is 8.86. The summed E-state index contributed by atoms with van der Waals surface area (Å²) in [6, 6.07) is 7.23. The van der Waals surface area contributed by atoms with E-state index in [0.29, 0.717) is 29.2 Å². The summed E-state index contributed by atoms with van der Waals surface area (Å²) < 4.78 is 35.2. The highest BCUT2D eigenvalue weighted by molar-refractivity contribution is 6.02. The number of amides is 1. The van der Waals surface area contributed by atoms with Gasteiger partial charge in [0.05, 0.1) is 22.3 Å². The lowest BCUT2D eigenvalue weighted by molar-refractivity contribution is 0.0938. The molecule has 170 valence electrons. The number of rotatable bonds is 6. The van der Waals surface area contributed by atoms with E-state index in [1.54, 1.807) is 13.0 Å². The molecule has 1 amide bonds. The van der Waals surface area contributed by atoms with Crippen molar-refractivity contribution in [2.24, 2.45) is 5.73 Å². The first-order chi connectivity index (χ1) is 15.3. The maximum absolute atomic E-state index is 14.0. The third-order valence-corrected chi connectivity index (χ3v) is 6.12. The lowest BCUT2D eigenvalue weighted by atomic mass is 9.82. The third-order valence-electron chi connectivity index (χ3n) is 6.12. The van der Waals surface area contributed by atoms with Gasteiger partial charge in [0.15, 0.2) is 0 Å². The molecule has 0 saturated heterocycles. The van der Waals surface area contributed by atoms with Crippen LogP contribution in [0.1, 0.15) is 59.3 Å². The van der Waals surface area contributed by atoms with Crippen molar-refractivity contribution in [3.05, 3.63) is 64.4 Å². The Balaban J connectivity index is 1.59. The molecule has 1 aliphatic carbocycles. The van der Waals surface area contributed by atoms with Crippen LogP contribution in [-0.4, -0.2) is 27.6 Å². The molecule has 0 atom stereocenters. The molecule has 6 nitrogen and oxygen atoms in total. The second-order valence-electron chi connectivity index (χ2n) is 8.72. The third kappa shape index (κ3) is 4.46. The Morgan fingerprint density at radius 3 is 2.56 bits per heavy atom. The van der Waals surface area contributed by atoms with Crippen LogP contribution in [0.2, 0.25) is 0 Å². The molecule has 8 heteroatoms. The van der Waals surface area contributed by atoms with Gasteiger partial charge in [0.25, 0.3) is 5.91 Å². The number of benzene rings is 1. The van der Waals surface area contributed by atoms with E-state index in [1.165, 1.54) is 29.1 Å². The van der Waals surface area contributed by atoms with Gasteiger partial charge in [0.2, 0.25) is 5.88 Å². The molecule has 4 rings (SSSR count). The summed E-state index contributed by atoms with van der Waals surface area (Å²) in [6.45, 7) is 3.71. The number of nitrogens with two attached hydrogens (primary N) is 1. The summed E-state index contributed by atoms with van der Waals surface area (Å²) in [5.74, 6) is -1.30. The van der Waals surface area contributed by atoms with Crippen LogP contribution in [0.25, 0.3) is 5.52 Å². The minimum atomic E-state index is -0.677. The number of hydrogen-bond donors (Lipinski definition) is 2. The standard InChI is InChI=1S/C24H28F2N4O2/c1-15-11-20-22(23(31)28-14-24(27)9-4-3-5-10-24)16(2)29-30(20)21(12-15)32-13-17-18(25)7-6-8-19(17)26/h6-8,11-12H,3-5,9-10,13-14,27H2,1-2H3,(H,28,31). The molecule has 0 unspecified atom stereocenters. The number of pyridine rings is 1. The lowest BCUT2D eigenvalue weighted by Gasteiger charge is -2.33. The van der Waals surface area contributed by atoms with Gasteiger partial charge < -0.3 is 15.8 Å². The van der Waals surface area contributed by atoms with Crippen LogP contribution in [0.3, 0.4) is 0 Å². The Morgan fingerprint density at radius 2 is 1.88 bits per heavy atom. The summed E-state index contributed by atoms with van der Waals surface area (Å²) in [7, 11) is 0. The summed E-state index contributed by atoms with van der Waals surface area (Å²) in [4.78, 5) is 13.1. The van der Waals surface area contributed by atoms with Crippen LogP contribution in [0, 0.1) is 25.5 Å². The van der Waals surface area contributed by atoms with Gasteiger partial charge in [-0.1, -0.05) is 25.3 Å². The number of halogens is 2. The van der Waals surface area contributed by atoms with E-state index < -0.39 is 11.6 Å². The molecular weight excluding hydrogens is 414 g/mol. The number of carbonyl (C=O) groups excluding carboxylic acids is 1. The number of aromatic nitrogens is 2. The number of hydrogen-bond acceptors (Lipinski definition) is 4. The fourth-order valence-electron chi connectivity index (χ4n) is 4.34. The largest absolute Gasteiger partial charge is 0.473 e. The quantitative estimate of drug-likeness (QED) is 0.600. The van der Waals surface area contributed by atoms with E-state index >= 15 is 0 Å². The maximum atomic E-state index is 14.0. The minimum absolute atomic E-state index is 0.162. The lowest BCUT2D eigenvalue weighted by Crippen LogP contribution is -2.51. The molecule has 1 aliphatic rings. The van der Waals surface area contributed by atoms with Crippen LogP contribution >= 0.6 is 0 Å². The van der Waals surface area contributed by atoms with Crippen molar-refractivity contribution < 1.29 is 18.3 Å². The first-order valence-corrected chi connectivity index (χ1v) is 10.9. The Hall–Kier alpha value is -3.00. The highest BCUT2D eigenvalue weighted by Crippen LogP contribution is 2.27. The predicted molar refractivity (Wildman–Crippen MR) is 118 cm³/mol. The van der Waals surface area contributed by atoms with E-state index in [2.05, 4.69) is 10.4 Å². The number of nitrogens with one attached hydrogen (secondary N) is 1. The molecule has 2 aromatic heterocycles. The zero-order valence-electron chi connectivity index (χ0n) is 18.4. The molecule has 0 radical (unpaired) electrons. The molecule has 1 aromatic carbocycles. The van der Waals surface area contributed by atoms with Gasteiger partial charge in [-0.2, -0.15) is 9.61 Å². The number of nitrogens with zero attached hydrogens (tertiary/aromatic N) is 2. The number of aryl methyl sites for hydroxylation is 2. The summed E-state index contributed by atoms with van der Waals surface area (Å²) in [5.41, 5.74) is 8.30. The molecule has 0 spiro atoms. The zero-order valence-corrected chi connectivity index (χ0v) is 18.4. The summed E-state index contributed by atoms with van der Waals surface area (Å²) in [6.07, 6.45) is 5.11. The van der Waals surface area contributed by atoms with Crippen molar-refractivity contribution in [3.63, 3.8) is 0 Å². The molecule has 1 fully saturated rings. The normalized spacial score (nSPS) is 15.7. The summed E-state index contributed by atoms with van der Waals surface area (Å²) in [5, 5.41) is 7.44. The van der Waals surface area contributed by atoms with Gasteiger partial charge in [-0.15, -0.1) is 0 Å². The van der Waals surface area contributed by atoms with Crippen LogP contribution in [0.4, 0.5) is 8.78 Å². The Labute approximate surface area is 185 Å². The highest BCUT2D eigenvalue weighted by Gasteiger charge is 2.29. The van der Waals surface area contributed by atoms with Crippen LogP contribution in [0.15, 0.2) is 30.3 Å². The number of carbonyl (C=O) groups is 1. The highest BCUT2D eigenvalue weighted by atomic mass is 19.1. The maximum Gasteiger partial charge on any atom is 0.255 e. The van der Waals surface area contributed by atoms with E-state index in [1.807, 2.05) is 13.0 Å². The fourth-order valence-corrected chi connectivity index (χ4v) is 4.34.